The van der Waals surface area contributed by atoms with Gasteiger partial charge in [-0.2, -0.15) is 18.3 Å². The Kier molecular flexibility index (Phi) is 7.14. The van der Waals surface area contributed by atoms with Crippen LogP contribution in [0.15, 0.2) is 60.8 Å². The molecule has 0 bridgehead atoms. The number of imidazole rings is 1. The molecule has 2 heterocycles. The van der Waals surface area contributed by atoms with Crippen LogP contribution in [0.3, 0.4) is 0 Å². The van der Waals surface area contributed by atoms with Crippen molar-refractivity contribution in [3.8, 4) is 17.0 Å². The molecule has 0 aliphatic carbocycles. The van der Waals surface area contributed by atoms with Crippen LogP contribution in [-0.4, -0.2) is 38.6 Å². The number of fused-ring (bicyclic) bond motifs is 1. The molecule has 2 aromatic heterocycles. The van der Waals surface area contributed by atoms with Gasteiger partial charge in [0.2, 0.25) is 5.91 Å². The predicted octanol–water partition coefficient (Wildman–Crippen LogP) is 5.37. The predicted molar refractivity (Wildman–Crippen MR) is 138 cm³/mol. The van der Waals surface area contributed by atoms with Crippen molar-refractivity contribution >= 4 is 34.9 Å². The number of rotatable bonds is 5. The van der Waals surface area contributed by atoms with Crippen molar-refractivity contribution in [2.45, 2.75) is 39.3 Å². The Balaban J connectivity index is 1.62. The first-order chi connectivity index (χ1) is 18.2. The highest BCUT2D eigenvalue weighted by molar-refractivity contribution is 6.06. The highest BCUT2D eigenvalue weighted by Gasteiger charge is 2.42. The summed E-state index contributed by atoms with van der Waals surface area (Å²) in [5.74, 6) is -3.92. The standard InChI is InChI=1S/C27H24F3N5O4/c1-15(36)31-18-7-5-6-16(12-18)20-10-11-23-32-22(14-35(23)34-20)33-24(37)19-9-8-17(26(2,3)4)13-21(19)39-25(38)27(28,29)30/h5-14H,1-4H3,(H,31,36)(H,33,37). The van der Waals surface area contributed by atoms with Crippen LogP contribution in [0.4, 0.5) is 24.7 Å². The summed E-state index contributed by atoms with van der Waals surface area (Å²) in [6.07, 6.45) is -3.81. The van der Waals surface area contributed by atoms with E-state index >= 15 is 0 Å². The molecule has 0 saturated carbocycles. The molecule has 4 aromatic rings. The summed E-state index contributed by atoms with van der Waals surface area (Å²) >= 11 is 0. The number of amides is 2. The van der Waals surface area contributed by atoms with E-state index in [-0.39, 0.29) is 17.3 Å². The average Bonchev–Trinajstić information content (AvgIpc) is 3.24. The summed E-state index contributed by atoms with van der Waals surface area (Å²) in [6, 6.07) is 14.5. The third-order valence-corrected chi connectivity index (χ3v) is 5.57. The van der Waals surface area contributed by atoms with E-state index in [0.717, 1.165) is 5.56 Å². The molecule has 4 rings (SSSR count). The zero-order valence-corrected chi connectivity index (χ0v) is 21.4. The zero-order chi connectivity index (χ0) is 28.5. The van der Waals surface area contributed by atoms with Gasteiger partial charge in [0.25, 0.3) is 5.91 Å². The number of carbonyl (C=O) groups excluding carboxylic acids is 3. The Labute approximate surface area is 221 Å². The molecule has 2 N–H and O–H groups in total. The molecule has 2 amide bonds. The van der Waals surface area contributed by atoms with Crippen molar-refractivity contribution in [2.24, 2.45) is 0 Å². The lowest BCUT2D eigenvalue weighted by molar-refractivity contribution is -0.189. The number of halogens is 3. The van der Waals surface area contributed by atoms with E-state index in [1.807, 2.05) is 26.8 Å². The maximum Gasteiger partial charge on any atom is 0.491 e. The molecule has 0 aliphatic heterocycles. The fourth-order valence-corrected chi connectivity index (χ4v) is 3.66. The summed E-state index contributed by atoms with van der Waals surface area (Å²) in [5.41, 5.74) is 2.07. The van der Waals surface area contributed by atoms with E-state index < -0.39 is 29.2 Å². The van der Waals surface area contributed by atoms with Crippen LogP contribution in [0, 0.1) is 0 Å². The number of hydrogen-bond donors (Lipinski definition) is 2. The van der Waals surface area contributed by atoms with E-state index in [2.05, 4.69) is 25.5 Å². The lowest BCUT2D eigenvalue weighted by atomic mass is 9.86. The second kappa shape index (κ2) is 10.2. The summed E-state index contributed by atoms with van der Waals surface area (Å²) in [7, 11) is 0. The lowest BCUT2D eigenvalue weighted by Crippen LogP contribution is -2.29. The largest absolute Gasteiger partial charge is 0.491 e. The van der Waals surface area contributed by atoms with Gasteiger partial charge in [-0.3, -0.25) is 9.59 Å². The molecule has 0 fully saturated rings. The van der Waals surface area contributed by atoms with E-state index in [0.29, 0.717) is 22.6 Å². The minimum absolute atomic E-state index is 0.0737. The number of aromatic nitrogens is 3. The molecule has 12 heteroatoms. The van der Waals surface area contributed by atoms with Crippen LogP contribution in [0.2, 0.25) is 0 Å². The normalized spacial score (nSPS) is 11.8. The first-order valence-electron chi connectivity index (χ1n) is 11.7. The summed E-state index contributed by atoms with van der Waals surface area (Å²) < 4.78 is 44.7. The fraction of sp³-hybridized carbons (Fsp3) is 0.222. The molecule has 0 unspecified atom stereocenters. The fourth-order valence-electron chi connectivity index (χ4n) is 3.66. The van der Waals surface area contributed by atoms with E-state index in [1.54, 1.807) is 36.4 Å². The van der Waals surface area contributed by atoms with Crippen LogP contribution in [0.25, 0.3) is 16.9 Å². The van der Waals surface area contributed by atoms with Crippen molar-refractivity contribution in [1.29, 1.82) is 0 Å². The lowest BCUT2D eigenvalue weighted by Gasteiger charge is -2.21. The number of carbonyl (C=O) groups is 3. The molecule has 0 atom stereocenters. The van der Waals surface area contributed by atoms with Crippen molar-refractivity contribution < 1.29 is 32.3 Å². The molecule has 0 saturated heterocycles. The summed E-state index contributed by atoms with van der Waals surface area (Å²) in [5, 5.41) is 9.70. The smallest absolute Gasteiger partial charge is 0.419 e. The minimum Gasteiger partial charge on any atom is -0.419 e. The Hall–Kier alpha value is -4.74. The molecule has 9 nitrogen and oxygen atoms in total. The third kappa shape index (κ3) is 6.40. The van der Waals surface area contributed by atoms with Crippen molar-refractivity contribution in [1.82, 2.24) is 14.6 Å². The maximum atomic E-state index is 13.0. The van der Waals surface area contributed by atoms with Crippen LogP contribution in [0.5, 0.6) is 5.75 Å². The minimum atomic E-state index is -5.24. The summed E-state index contributed by atoms with van der Waals surface area (Å²) in [4.78, 5) is 40.2. The van der Waals surface area contributed by atoms with Crippen molar-refractivity contribution in [3.63, 3.8) is 0 Å². The van der Waals surface area contributed by atoms with Gasteiger partial charge < -0.3 is 15.4 Å². The second-order valence-corrected chi connectivity index (χ2v) is 9.71. The van der Waals surface area contributed by atoms with Gasteiger partial charge in [-0.15, -0.1) is 0 Å². The van der Waals surface area contributed by atoms with Crippen LogP contribution < -0.4 is 15.4 Å². The van der Waals surface area contributed by atoms with Crippen LogP contribution >= 0.6 is 0 Å². The number of alkyl halides is 3. The van der Waals surface area contributed by atoms with E-state index in [4.69, 9.17) is 0 Å². The number of benzene rings is 2. The molecule has 0 radical (unpaired) electrons. The molecule has 0 aliphatic rings. The maximum absolute atomic E-state index is 13.0. The Morgan fingerprint density at radius 3 is 2.36 bits per heavy atom. The van der Waals surface area contributed by atoms with Crippen molar-refractivity contribution in [3.05, 3.63) is 71.9 Å². The Bertz CT molecular complexity index is 1590. The van der Waals surface area contributed by atoms with E-state index in [1.165, 1.54) is 29.8 Å². The highest BCUT2D eigenvalue weighted by atomic mass is 19.4. The Morgan fingerprint density at radius 1 is 0.949 bits per heavy atom. The van der Waals surface area contributed by atoms with Gasteiger partial charge in [-0.1, -0.05) is 39.0 Å². The first kappa shape index (κ1) is 27.3. The quantitative estimate of drug-likeness (QED) is 0.260. The zero-order valence-electron chi connectivity index (χ0n) is 21.4. The van der Waals surface area contributed by atoms with Gasteiger partial charge in [-0.05, 0) is 47.4 Å². The molecule has 202 valence electrons. The molecule has 0 spiro atoms. The number of esters is 1. The molecule has 39 heavy (non-hydrogen) atoms. The molecular weight excluding hydrogens is 515 g/mol. The number of ether oxygens (including phenoxy) is 1. The van der Waals surface area contributed by atoms with Gasteiger partial charge >= 0.3 is 12.1 Å². The van der Waals surface area contributed by atoms with Crippen molar-refractivity contribution in [2.75, 3.05) is 10.6 Å². The van der Waals surface area contributed by atoms with Gasteiger partial charge in [0.05, 0.1) is 17.5 Å². The third-order valence-electron chi connectivity index (χ3n) is 5.57. The number of hydrogen-bond acceptors (Lipinski definition) is 6. The summed E-state index contributed by atoms with van der Waals surface area (Å²) in [6.45, 7) is 6.88. The van der Waals surface area contributed by atoms with Gasteiger partial charge in [0.15, 0.2) is 11.5 Å². The number of nitrogens with zero attached hydrogens (tertiary/aromatic N) is 3. The van der Waals surface area contributed by atoms with Gasteiger partial charge in [-0.25, -0.2) is 14.3 Å². The van der Waals surface area contributed by atoms with E-state index in [9.17, 15) is 27.6 Å². The first-order valence-corrected chi connectivity index (χ1v) is 11.7. The number of nitrogens with one attached hydrogen (secondary N) is 2. The number of anilines is 2. The van der Waals surface area contributed by atoms with Gasteiger partial charge in [0, 0.05) is 18.2 Å². The molecular formula is C27H24F3N5O4. The average molecular weight is 540 g/mol. The van der Waals surface area contributed by atoms with Gasteiger partial charge in [0.1, 0.15) is 5.75 Å². The highest BCUT2D eigenvalue weighted by Crippen LogP contribution is 2.31. The second-order valence-electron chi connectivity index (χ2n) is 9.71. The Morgan fingerprint density at radius 2 is 1.69 bits per heavy atom. The van der Waals surface area contributed by atoms with Crippen LogP contribution in [-0.2, 0) is 15.0 Å². The SMILES string of the molecule is CC(=O)Nc1cccc(-c2ccc3nc(NC(=O)c4ccc(C(C)(C)C)cc4OC(=O)C(F)(F)F)cn3n2)c1. The van der Waals surface area contributed by atoms with Crippen LogP contribution in [0.1, 0.15) is 43.6 Å². The monoisotopic (exact) mass is 539 g/mol. The molecule has 2 aromatic carbocycles. The topological polar surface area (TPSA) is 115 Å².